The molecule has 1 atom stereocenters. The number of hydrogen-bond donors (Lipinski definition) is 1. The van der Waals surface area contributed by atoms with E-state index in [1.807, 2.05) is 0 Å². The maximum atomic E-state index is 10.5. The van der Waals surface area contributed by atoms with E-state index in [1.54, 1.807) is 0 Å². The Labute approximate surface area is 98.5 Å². The summed E-state index contributed by atoms with van der Waals surface area (Å²) in [6.45, 7) is 6.59. The average Bonchev–Trinajstić information content (AvgIpc) is 2.45. The van der Waals surface area contributed by atoms with Crippen LogP contribution in [0, 0.1) is 12.3 Å². The molecule has 0 radical (unpaired) electrons. The van der Waals surface area contributed by atoms with E-state index in [0.29, 0.717) is 5.41 Å². The largest absolute Gasteiger partial charge is 0.390 e. The summed E-state index contributed by atoms with van der Waals surface area (Å²) in [6.07, 6.45) is 3.80. The molecule has 0 amide bonds. The third-order valence-corrected chi connectivity index (χ3v) is 3.73. The van der Waals surface area contributed by atoms with Crippen LogP contribution in [0.1, 0.15) is 44.2 Å². The van der Waals surface area contributed by atoms with Gasteiger partial charge in [0.1, 0.15) is 0 Å². The third kappa shape index (κ3) is 2.65. The minimum atomic E-state index is -0.473. The summed E-state index contributed by atoms with van der Waals surface area (Å²) in [5.41, 5.74) is 2.37. The molecular formula is C15H22O. The lowest BCUT2D eigenvalue weighted by atomic mass is 9.86. The summed E-state index contributed by atoms with van der Waals surface area (Å²) in [6, 6.07) is 8.52. The lowest BCUT2D eigenvalue weighted by Gasteiger charge is -2.25. The van der Waals surface area contributed by atoms with Crippen molar-refractivity contribution in [3.05, 3.63) is 35.4 Å². The van der Waals surface area contributed by atoms with Crippen LogP contribution in [0.5, 0.6) is 0 Å². The van der Waals surface area contributed by atoms with Gasteiger partial charge in [-0.05, 0) is 37.2 Å². The van der Waals surface area contributed by atoms with Gasteiger partial charge in [-0.3, -0.25) is 0 Å². The Morgan fingerprint density at radius 2 is 1.75 bits per heavy atom. The van der Waals surface area contributed by atoms with Crippen LogP contribution in [0.25, 0.3) is 0 Å². The van der Waals surface area contributed by atoms with Gasteiger partial charge in [0.25, 0.3) is 0 Å². The third-order valence-electron chi connectivity index (χ3n) is 3.73. The summed E-state index contributed by atoms with van der Waals surface area (Å²) in [7, 11) is 0. The molecule has 1 N–H and O–H groups in total. The van der Waals surface area contributed by atoms with Gasteiger partial charge in [0, 0.05) is 6.42 Å². The SMILES string of the molecule is Cc1ccc(CC2(O)CCC(C)(C)C2)cc1. The fourth-order valence-electron chi connectivity index (χ4n) is 2.88. The van der Waals surface area contributed by atoms with E-state index in [1.165, 1.54) is 11.1 Å². The molecule has 1 aliphatic rings. The highest BCUT2D eigenvalue weighted by molar-refractivity contribution is 5.23. The molecule has 0 spiro atoms. The summed E-state index contributed by atoms with van der Waals surface area (Å²) >= 11 is 0. The molecule has 1 aromatic carbocycles. The van der Waals surface area contributed by atoms with Crippen molar-refractivity contribution >= 4 is 0 Å². The first kappa shape index (κ1) is 11.7. The van der Waals surface area contributed by atoms with Crippen molar-refractivity contribution in [2.45, 2.75) is 52.1 Å². The second kappa shape index (κ2) is 3.89. The number of hydrogen-bond acceptors (Lipinski definition) is 1. The molecule has 0 saturated heterocycles. The molecular weight excluding hydrogens is 196 g/mol. The summed E-state index contributed by atoms with van der Waals surface area (Å²) < 4.78 is 0. The van der Waals surface area contributed by atoms with E-state index < -0.39 is 5.60 Å². The first-order valence-electron chi connectivity index (χ1n) is 6.17. The van der Waals surface area contributed by atoms with E-state index in [4.69, 9.17) is 0 Å². The molecule has 0 bridgehead atoms. The van der Waals surface area contributed by atoms with Crippen LogP contribution < -0.4 is 0 Å². The van der Waals surface area contributed by atoms with Crippen LogP contribution in [-0.4, -0.2) is 10.7 Å². The lowest BCUT2D eigenvalue weighted by Crippen LogP contribution is -2.29. The van der Waals surface area contributed by atoms with Gasteiger partial charge >= 0.3 is 0 Å². The quantitative estimate of drug-likeness (QED) is 0.805. The van der Waals surface area contributed by atoms with Crippen LogP contribution >= 0.6 is 0 Å². The zero-order valence-corrected chi connectivity index (χ0v) is 10.6. The Bertz CT molecular complexity index is 364. The van der Waals surface area contributed by atoms with Crippen molar-refractivity contribution in [2.75, 3.05) is 0 Å². The maximum Gasteiger partial charge on any atom is 0.0693 e. The highest BCUT2D eigenvalue weighted by atomic mass is 16.3. The normalized spacial score (nSPS) is 28.2. The monoisotopic (exact) mass is 218 g/mol. The molecule has 1 nitrogen and oxygen atoms in total. The van der Waals surface area contributed by atoms with Gasteiger partial charge in [0.05, 0.1) is 5.60 Å². The molecule has 1 unspecified atom stereocenters. The Morgan fingerprint density at radius 3 is 2.25 bits per heavy atom. The average molecular weight is 218 g/mol. The van der Waals surface area contributed by atoms with Gasteiger partial charge in [-0.1, -0.05) is 43.7 Å². The first-order chi connectivity index (χ1) is 7.39. The Morgan fingerprint density at radius 1 is 1.12 bits per heavy atom. The summed E-state index contributed by atoms with van der Waals surface area (Å²) in [4.78, 5) is 0. The van der Waals surface area contributed by atoms with Crippen LogP contribution in [0.2, 0.25) is 0 Å². The zero-order valence-electron chi connectivity index (χ0n) is 10.6. The topological polar surface area (TPSA) is 20.2 Å². The van der Waals surface area contributed by atoms with Crippen molar-refractivity contribution in [1.82, 2.24) is 0 Å². The van der Waals surface area contributed by atoms with Gasteiger partial charge in [0.2, 0.25) is 0 Å². The smallest absolute Gasteiger partial charge is 0.0693 e. The van der Waals surface area contributed by atoms with Gasteiger partial charge in [0.15, 0.2) is 0 Å². The molecule has 88 valence electrons. The van der Waals surface area contributed by atoms with Crippen LogP contribution in [0.3, 0.4) is 0 Å². The van der Waals surface area contributed by atoms with E-state index in [2.05, 4.69) is 45.0 Å². The highest BCUT2D eigenvalue weighted by Crippen LogP contribution is 2.44. The molecule has 16 heavy (non-hydrogen) atoms. The predicted octanol–water partition coefficient (Wildman–Crippen LogP) is 3.48. The second-order valence-electron chi connectivity index (χ2n) is 6.23. The molecule has 1 fully saturated rings. The molecule has 0 heterocycles. The fraction of sp³-hybridized carbons (Fsp3) is 0.600. The number of rotatable bonds is 2. The fourth-order valence-corrected chi connectivity index (χ4v) is 2.88. The van der Waals surface area contributed by atoms with Crippen molar-refractivity contribution < 1.29 is 5.11 Å². The lowest BCUT2D eigenvalue weighted by molar-refractivity contribution is 0.0379. The zero-order chi connectivity index (χ0) is 11.8. The van der Waals surface area contributed by atoms with Gasteiger partial charge in [-0.2, -0.15) is 0 Å². The molecule has 2 rings (SSSR count). The van der Waals surface area contributed by atoms with E-state index in [9.17, 15) is 5.11 Å². The number of aliphatic hydroxyl groups is 1. The van der Waals surface area contributed by atoms with Crippen LogP contribution in [-0.2, 0) is 6.42 Å². The molecule has 1 aromatic rings. The second-order valence-corrected chi connectivity index (χ2v) is 6.23. The Hall–Kier alpha value is -0.820. The van der Waals surface area contributed by atoms with Gasteiger partial charge in [-0.15, -0.1) is 0 Å². The maximum absolute atomic E-state index is 10.5. The number of aryl methyl sites for hydroxylation is 1. The minimum Gasteiger partial charge on any atom is -0.390 e. The van der Waals surface area contributed by atoms with Gasteiger partial charge in [-0.25, -0.2) is 0 Å². The van der Waals surface area contributed by atoms with Gasteiger partial charge < -0.3 is 5.11 Å². The number of benzene rings is 1. The summed E-state index contributed by atoms with van der Waals surface area (Å²) in [5.74, 6) is 0. The van der Waals surface area contributed by atoms with Crippen molar-refractivity contribution in [2.24, 2.45) is 5.41 Å². The first-order valence-corrected chi connectivity index (χ1v) is 6.17. The van der Waals surface area contributed by atoms with Crippen LogP contribution in [0.4, 0.5) is 0 Å². The molecule has 0 aromatic heterocycles. The van der Waals surface area contributed by atoms with E-state index in [0.717, 1.165) is 25.7 Å². The van der Waals surface area contributed by atoms with Crippen molar-refractivity contribution in [3.63, 3.8) is 0 Å². The van der Waals surface area contributed by atoms with Crippen molar-refractivity contribution in [3.8, 4) is 0 Å². The Balaban J connectivity index is 2.07. The molecule has 1 heteroatoms. The minimum absolute atomic E-state index is 0.305. The Kier molecular flexibility index (Phi) is 2.83. The molecule has 1 aliphatic carbocycles. The van der Waals surface area contributed by atoms with Crippen molar-refractivity contribution in [1.29, 1.82) is 0 Å². The standard InChI is InChI=1S/C15H22O/c1-12-4-6-13(7-5-12)10-15(16)9-8-14(2,3)11-15/h4-7,16H,8-11H2,1-3H3. The molecule has 0 aliphatic heterocycles. The van der Waals surface area contributed by atoms with E-state index >= 15 is 0 Å². The molecule has 1 saturated carbocycles. The summed E-state index contributed by atoms with van der Waals surface area (Å²) in [5, 5.41) is 10.5. The van der Waals surface area contributed by atoms with Crippen LogP contribution in [0.15, 0.2) is 24.3 Å². The van der Waals surface area contributed by atoms with E-state index in [-0.39, 0.29) is 0 Å². The predicted molar refractivity (Wildman–Crippen MR) is 67.5 cm³/mol. The highest BCUT2D eigenvalue weighted by Gasteiger charge is 2.41.